The zero-order chi connectivity index (χ0) is 27.8. The molecule has 1 amide bonds. The van der Waals surface area contributed by atoms with Gasteiger partial charge in [-0.2, -0.15) is 9.61 Å². The van der Waals surface area contributed by atoms with Gasteiger partial charge in [0.15, 0.2) is 5.65 Å². The first-order valence-corrected chi connectivity index (χ1v) is 14.7. The van der Waals surface area contributed by atoms with Gasteiger partial charge in [0.1, 0.15) is 10.7 Å². The number of hydrogen-bond donors (Lipinski definition) is 2. The molecule has 2 fully saturated rings. The quantitative estimate of drug-likeness (QED) is 0.309. The minimum atomic E-state index is -1.01. The summed E-state index contributed by atoms with van der Waals surface area (Å²) in [6, 6.07) is 13.2. The summed E-state index contributed by atoms with van der Waals surface area (Å²) in [7, 11) is 0. The summed E-state index contributed by atoms with van der Waals surface area (Å²) in [4.78, 5) is 33.6. The molecule has 0 radical (unpaired) electrons. The highest BCUT2D eigenvalue weighted by Crippen LogP contribution is 2.41. The highest BCUT2D eigenvalue weighted by molar-refractivity contribution is 7.18. The van der Waals surface area contributed by atoms with Crippen LogP contribution in [0.4, 0.5) is 11.5 Å². The average Bonchev–Trinajstić information content (AvgIpc) is 3.61. The standard InChI is InChI=1S/C30H33N5O4S/c1-18-2-4-21(5-3-18)29(36)34(22-11-14-39-15-12-22)24-17-25(40-28(24)30(37)38)20-8-6-19(7-9-20)23-16-27-32-13-10-26(31)35(27)33-23/h6-10,13,16-18,21-22H,2-5,11-12,14-15,31H2,1H3,(H,37,38)/t18-,21-. The Morgan fingerprint density at radius 1 is 1.02 bits per heavy atom. The summed E-state index contributed by atoms with van der Waals surface area (Å²) in [6.07, 6.45) is 6.81. The van der Waals surface area contributed by atoms with Gasteiger partial charge in [0.2, 0.25) is 5.91 Å². The number of carboxylic acids is 1. The van der Waals surface area contributed by atoms with E-state index >= 15 is 0 Å². The molecule has 4 aromatic rings. The fourth-order valence-corrected chi connectivity index (χ4v) is 6.85. The Morgan fingerprint density at radius 2 is 1.73 bits per heavy atom. The summed E-state index contributed by atoms with van der Waals surface area (Å²) in [5.74, 6) is 0.101. The van der Waals surface area contributed by atoms with Crippen molar-refractivity contribution in [2.75, 3.05) is 23.8 Å². The normalized spacial score (nSPS) is 20.0. The SMILES string of the molecule is C[C@H]1CC[C@H](C(=O)N(c2cc(-c3ccc(-c4cc5nccc(N)n5n4)cc3)sc2C(=O)O)C2CCOCC2)CC1. The third-order valence-electron chi connectivity index (χ3n) is 8.18. The molecule has 1 saturated carbocycles. The van der Waals surface area contributed by atoms with Crippen molar-refractivity contribution < 1.29 is 19.4 Å². The molecular formula is C30H33N5O4S. The highest BCUT2D eigenvalue weighted by atomic mass is 32.1. The van der Waals surface area contributed by atoms with Gasteiger partial charge in [-0.15, -0.1) is 11.3 Å². The fraction of sp³-hybridized carbons (Fsp3) is 0.400. The van der Waals surface area contributed by atoms with Crippen molar-refractivity contribution in [1.82, 2.24) is 14.6 Å². The number of nitrogens with two attached hydrogens (primary N) is 1. The van der Waals surface area contributed by atoms with E-state index in [9.17, 15) is 14.7 Å². The van der Waals surface area contributed by atoms with Crippen molar-refractivity contribution in [2.24, 2.45) is 11.8 Å². The van der Waals surface area contributed by atoms with Crippen LogP contribution in [0.2, 0.25) is 0 Å². The monoisotopic (exact) mass is 559 g/mol. The highest BCUT2D eigenvalue weighted by Gasteiger charge is 2.36. The van der Waals surface area contributed by atoms with E-state index in [-0.39, 0.29) is 22.7 Å². The van der Waals surface area contributed by atoms with E-state index < -0.39 is 5.97 Å². The van der Waals surface area contributed by atoms with Crippen molar-refractivity contribution in [3.05, 3.63) is 53.5 Å². The predicted octanol–water partition coefficient (Wildman–Crippen LogP) is 5.74. The second-order valence-corrected chi connectivity index (χ2v) is 11.9. The molecule has 1 saturated heterocycles. The van der Waals surface area contributed by atoms with E-state index in [1.54, 1.807) is 16.8 Å². The zero-order valence-corrected chi connectivity index (χ0v) is 23.3. The first-order valence-electron chi connectivity index (χ1n) is 13.9. The summed E-state index contributed by atoms with van der Waals surface area (Å²) in [5.41, 5.74) is 9.72. The number of ether oxygens (including phenoxy) is 1. The van der Waals surface area contributed by atoms with Gasteiger partial charge in [-0.1, -0.05) is 31.2 Å². The lowest BCUT2D eigenvalue weighted by atomic mass is 9.82. The fourth-order valence-electron chi connectivity index (χ4n) is 5.86. The van der Waals surface area contributed by atoms with Gasteiger partial charge in [0, 0.05) is 47.9 Å². The molecule has 0 unspecified atom stereocenters. The largest absolute Gasteiger partial charge is 0.477 e. The number of anilines is 2. The number of thiophene rings is 1. The van der Waals surface area contributed by atoms with Gasteiger partial charge in [-0.3, -0.25) is 4.79 Å². The van der Waals surface area contributed by atoms with E-state index in [0.29, 0.717) is 49.1 Å². The molecule has 2 aliphatic rings. The third-order valence-corrected chi connectivity index (χ3v) is 9.34. The van der Waals surface area contributed by atoms with Crippen LogP contribution in [0.3, 0.4) is 0 Å². The summed E-state index contributed by atoms with van der Waals surface area (Å²) < 4.78 is 7.18. The minimum Gasteiger partial charge on any atom is -0.477 e. The van der Waals surface area contributed by atoms with Crippen LogP contribution in [0.5, 0.6) is 0 Å². The maximum absolute atomic E-state index is 14.0. The maximum Gasteiger partial charge on any atom is 0.348 e. The summed E-state index contributed by atoms with van der Waals surface area (Å²) in [6.45, 7) is 3.37. The number of carbonyl (C=O) groups is 2. The zero-order valence-electron chi connectivity index (χ0n) is 22.5. The van der Waals surface area contributed by atoms with Gasteiger partial charge >= 0.3 is 5.97 Å². The first-order chi connectivity index (χ1) is 19.4. The average molecular weight is 560 g/mol. The Kier molecular flexibility index (Phi) is 7.29. The van der Waals surface area contributed by atoms with Crippen molar-refractivity contribution in [3.63, 3.8) is 0 Å². The number of amides is 1. The van der Waals surface area contributed by atoms with Crippen LogP contribution in [-0.4, -0.2) is 50.8 Å². The number of benzene rings is 1. The molecule has 40 heavy (non-hydrogen) atoms. The molecule has 1 aliphatic carbocycles. The number of carbonyl (C=O) groups excluding carboxylic acids is 1. The van der Waals surface area contributed by atoms with E-state index in [1.807, 2.05) is 41.3 Å². The molecule has 4 heterocycles. The molecule has 1 aliphatic heterocycles. The second-order valence-electron chi connectivity index (χ2n) is 10.9. The van der Waals surface area contributed by atoms with E-state index in [2.05, 4.69) is 17.0 Å². The van der Waals surface area contributed by atoms with Crippen LogP contribution in [0.15, 0.2) is 48.7 Å². The Balaban J connectivity index is 1.34. The number of nitrogens with zero attached hydrogens (tertiary/aromatic N) is 4. The van der Waals surface area contributed by atoms with Crippen LogP contribution in [-0.2, 0) is 9.53 Å². The Morgan fingerprint density at radius 3 is 2.40 bits per heavy atom. The molecule has 6 rings (SSSR count). The van der Waals surface area contributed by atoms with Crippen molar-refractivity contribution in [1.29, 1.82) is 0 Å². The van der Waals surface area contributed by atoms with E-state index in [4.69, 9.17) is 10.5 Å². The Bertz CT molecular complexity index is 1530. The number of aromatic nitrogens is 3. The Hall–Kier alpha value is -3.76. The van der Waals surface area contributed by atoms with Crippen LogP contribution in [0, 0.1) is 11.8 Å². The number of fused-ring (bicyclic) bond motifs is 1. The van der Waals surface area contributed by atoms with Crippen LogP contribution in [0.1, 0.15) is 55.1 Å². The lowest BCUT2D eigenvalue weighted by molar-refractivity contribution is -0.124. The summed E-state index contributed by atoms with van der Waals surface area (Å²) >= 11 is 1.21. The maximum atomic E-state index is 14.0. The van der Waals surface area contributed by atoms with Crippen LogP contribution >= 0.6 is 11.3 Å². The van der Waals surface area contributed by atoms with Crippen molar-refractivity contribution in [2.45, 2.75) is 51.5 Å². The molecule has 0 spiro atoms. The van der Waals surface area contributed by atoms with Gasteiger partial charge in [-0.05, 0) is 62.1 Å². The molecule has 1 aromatic carbocycles. The molecule has 10 heteroatoms. The van der Waals surface area contributed by atoms with Gasteiger partial charge in [-0.25, -0.2) is 9.78 Å². The Labute approximate surface area is 236 Å². The second kappa shape index (κ2) is 11.0. The van der Waals surface area contributed by atoms with Crippen molar-refractivity contribution in [3.8, 4) is 21.7 Å². The third kappa shape index (κ3) is 5.09. The molecule has 0 atom stereocenters. The molecule has 208 valence electrons. The van der Waals surface area contributed by atoms with Crippen LogP contribution in [0.25, 0.3) is 27.3 Å². The predicted molar refractivity (Wildman–Crippen MR) is 156 cm³/mol. The number of rotatable bonds is 6. The lowest BCUT2D eigenvalue weighted by Gasteiger charge is -2.37. The molecular weight excluding hydrogens is 526 g/mol. The number of carboxylic acid groups (broad SMARTS) is 1. The van der Waals surface area contributed by atoms with Gasteiger partial charge in [0.25, 0.3) is 0 Å². The number of nitrogen functional groups attached to an aromatic ring is 1. The van der Waals surface area contributed by atoms with Crippen LogP contribution < -0.4 is 10.6 Å². The smallest absolute Gasteiger partial charge is 0.348 e. The molecule has 0 bridgehead atoms. The van der Waals surface area contributed by atoms with Gasteiger partial charge < -0.3 is 20.5 Å². The first kappa shape index (κ1) is 26.5. The summed E-state index contributed by atoms with van der Waals surface area (Å²) in [5, 5.41) is 14.8. The molecule has 9 nitrogen and oxygen atoms in total. The van der Waals surface area contributed by atoms with Crippen molar-refractivity contribution >= 4 is 40.4 Å². The number of aromatic carboxylic acids is 1. The van der Waals surface area contributed by atoms with E-state index in [1.165, 1.54) is 11.3 Å². The molecule has 3 aromatic heterocycles. The van der Waals surface area contributed by atoms with E-state index in [0.717, 1.165) is 47.4 Å². The molecule has 3 N–H and O–H groups in total. The lowest BCUT2D eigenvalue weighted by Crippen LogP contribution is -2.47. The topological polar surface area (TPSA) is 123 Å². The minimum absolute atomic E-state index is 0.0562. The van der Waals surface area contributed by atoms with Gasteiger partial charge in [0.05, 0.1) is 11.4 Å². The number of hydrogen-bond acceptors (Lipinski definition) is 7.